The van der Waals surface area contributed by atoms with Gasteiger partial charge in [-0.15, -0.1) is 0 Å². The minimum absolute atomic E-state index is 0.0644. The van der Waals surface area contributed by atoms with Crippen LogP contribution in [-0.4, -0.2) is 57.2 Å². The Morgan fingerprint density at radius 2 is 2.09 bits per heavy atom. The number of aromatic amines is 1. The molecule has 1 atom stereocenters. The van der Waals surface area contributed by atoms with Crippen LogP contribution in [0, 0.1) is 5.92 Å². The highest BCUT2D eigenvalue weighted by atomic mass is 16.5. The van der Waals surface area contributed by atoms with Gasteiger partial charge in [-0.2, -0.15) is 4.98 Å². The van der Waals surface area contributed by atoms with Gasteiger partial charge in [-0.25, -0.2) is 4.98 Å². The van der Waals surface area contributed by atoms with Crippen LogP contribution in [0.15, 0.2) is 29.0 Å². The predicted molar refractivity (Wildman–Crippen MR) is 117 cm³/mol. The van der Waals surface area contributed by atoms with Gasteiger partial charge in [0.15, 0.2) is 5.82 Å². The molecule has 2 aliphatic heterocycles. The number of fused-ring (bicyclic) bond motifs is 1. The third-order valence-electron chi connectivity index (χ3n) is 7.39. The van der Waals surface area contributed by atoms with E-state index in [1.165, 1.54) is 12.8 Å². The lowest BCUT2D eigenvalue weighted by Crippen LogP contribution is -2.49. The Hall–Kier alpha value is -2.74. The van der Waals surface area contributed by atoms with Crippen molar-refractivity contribution >= 4 is 16.9 Å². The van der Waals surface area contributed by atoms with E-state index in [1.807, 2.05) is 23.1 Å². The Bertz CT molecular complexity index is 1110. The maximum atomic E-state index is 13.5. The number of aromatic nitrogens is 4. The maximum absolute atomic E-state index is 13.5. The molecule has 3 fully saturated rings. The van der Waals surface area contributed by atoms with E-state index >= 15 is 0 Å². The fourth-order valence-electron chi connectivity index (χ4n) is 5.43. The number of carbonyl (C=O) groups excluding carboxylic acids is 1. The molecule has 32 heavy (non-hydrogen) atoms. The average molecular weight is 436 g/mol. The molecule has 168 valence electrons. The van der Waals surface area contributed by atoms with Crippen LogP contribution in [0.3, 0.4) is 0 Å². The standard InChI is InChI=1S/C24H29N5O3/c30-22(18-4-5-19-20(12-18)26-15-25-19)29-9-1-8-24(14-29,13-16-2-3-16)23-27-21(32-28-23)17-6-10-31-11-7-17/h4-5,12,15-17H,1-3,6-11,13-14H2,(H,25,26). The van der Waals surface area contributed by atoms with Gasteiger partial charge in [0.1, 0.15) is 0 Å². The Kier molecular flexibility index (Phi) is 4.97. The van der Waals surface area contributed by atoms with Crippen LogP contribution >= 0.6 is 0 Å². The number of imidazole rings is 1. The lowest BCUT2D eigenvalue weighted by molar-refractivity contribution is 0.0607. The number of nitrogens with zero attached hydrogens (tertiary/aromatic N) is 4. The molecule has 4 heterocycles. The van der Waals surface area contributed by atoms with Crippen LogP contribution in [-0.2, 0) is 10.2 Å². The quantitative estimate of drug-likeness (QED) is 0.654. The van der Waals surface area contributed by atoms with Crippen molar-refractivity contribution in [2.45, 2.75) is 56.3 Å². The van der Waals surface area contributed by atoms with Crippen molar-refractivity contribution in [1.82, 2.24) is 25.0 Å². The number of amides is 1. The Balaban J connectivity index is 1.27. The summed E-state index contributed by atoms with van der Waals surface area (Å²) >= 11 is 0. The molecular weight excluding hydrogens is 406 g/mol. The van der Waals surface area contributed by atoms with Crippen molar-refractivity contribution < 1.29 is 14.1 Å². The Morgan fingerprint density at radius 3 is 2.94 bits per heavy atom. The van der Waals surface area contributed by atoms with E-state index < -0.39 is 0 Å². The first-order chi connectivity index (χ1) is 15.7. The molecule has 3 aliphatic rings. The van der Waals surface area contributed by atoms with Crippen molar-refractivity contribution in [3.8, 4) is 0 Å². The smallest absolute Gasteiger partial charge is 0.253 e. The number of likely N-dealkylation sites (tertiary alicyclic amines) is 1. The van der Waals surface area contributed by atoms with E-state index in [1.54, 1.807) is 6.33 Å². The molecule has 1 N–H and O–H groups in total. The summed E-state index contributed by atoms with van der Waals surface area (Å²) in [5.74, 6) is 2.59. The molecule has 2 aromatic heterocycles. The number of rotatable bonds is 5. The van der Waals surface area contributed by atoms with E-state index in [9.17, 15) is 4.79 Å². The topological polar surface area (TPSA) is 97.1 Å². The van der Waals surface area contributed by atoms with Crippen molar-refractivity contribution in [2.24, 2.45) is 5.92 Å². The van der Waals surface area contributed by atoms with Crippen LogP contribution < -0.4 is 0 Å². The van der Waals surface area contributed by atoms with Gasteiger partial charge in [0.2, 0.25) is 5.89 Å². The first kappa shape index (κ1) is 19.9. The van der Waals surface area contributed by atoms with Crippen LogP contribution in [0.4, 0.5) is 0 Å². The van der Waals surface area contributed by atoms with Crippen LogP contribution in [0.5, 0.6) is 0 Å². The monoisotopic (exact) mass is 435 g/mol. The molecule has 1 aromatic carbocycles. The van der Waals surface area contributed by atoms with Gasteiger partial charge in [-0.1, -0.05) is 18.0 Å². The van der Waals surface area contributed by atoms with E-state index in [2.05, 4.69) is 15.1 Å². The zero-order valence-corrected chi connectivity index (χ0v) is 18.3. The van der Waals surface area contributed by atoms with Crippen LogP contribution in [0.2, 0.25) is 0 Å². The number of carbonyl (C=O) groups is 1. The zero-order valence-electron chi connectivity index (χ0n) is 18.3. The van der Waals surface area contributed by atoms with Crippen molar-refractivity contribution in [3.05, 3.63) is 41.8 Å². The van der Waals surface area contributed by atoms with Crippen LogP contribution in [0.25, 0.3) is 11.0 Å². The summed E-state index contributed by atoms with van der Waals surface area (Å²) in [5, 5.41) is 4.49. The van der Waals surface area contributed by atoms with E-state index in [0.717, 1.165) is 74.6 Å². The third-order valence-corrected chi connectivity index (χ3v) is 7.39. The second kappa shape index (κ2) is 7.99. The van der Waals surface area contributed by atoms with Crippen LogP contribution in [0.1, 0.15) is 72.9 Å². The van der Waals surface area contributed by atoms with Crippen molar-refractivity contribution in [1.29, 1.82) is 0 Å². The van der Waals surface area contributed by atoms with Gasteiger partial charge in [0, 0.05) is 37.8 Å². The second-order valence-corrected chi connectivity index (χ2v) is 9.74. The van der Waals surface area contributed by atoms with Crippen molar-refractivity contribution in [2.75, 3.05) is 26.3 Å². The maximum Gasteiger partial charge on any atom is 0.253 e. The van der Waals surface area contributed by atoms with Gasteiger partial charge in [0.05, 0.1) is 22.8 Å². The van der Waals surface area contributed by atoms with Crippen molar-refractivity contribution in [3.63, 3.8) is 0 Å². The minimum atomic E-state index is -0.222. The molecule has 0 bridgehead atoms. The molecule has 8 nitrogen and oxygen atoms in total. The molecule has 8 heteroatoms. The molecule has 6 rings (SSSR count). The van der Waals surface area contributed by atoms with Gasteiger partial charge in [0.25, 0.3) is 5.91 Å². The van der Waals surface area contributed by atoms with Gasteiger partial charge >= 0.3 is 0 Å². The highest BCUT2D eigenvalue weighted by Crippen LogP contribution is 2.46. The molecule has 0 radical (unpaired) electrons. The van der Waals surface area contributed by atoms with Gasteiger partial charge in [-0.3, -0.25) is 4.79 Å². The van der Waals surface area contributed by atoms with E-state index in [0.29, 0.717) is 18.0 Å². The highest BCUT2D eigenvalue weighted by molar-refractivity contribution is 5.97. The number of hydrogen-bond donors (Lipinski definition) is 1. The van der Waals surface area contributed by atoms with E-state index in [-0.39, 0.29) is 17.2 Å². The summed E-state index contributed by atoms with van der Waals surface area (Å²) in [4.78, 5) is 27.7. The Morgan fingerprint density at radius 1 is 1.22 bits per heavy atom. The molecule has 3 aromatic rings. The van der Waals surface area contributed by atoms with Gasteiger partial charge < -0.3 is 19.1 Å². The van der Waals surface area contributed by atoms with Gasteiger partial charge in [-0.05, 0) is 56.2 Å². The summed E-state index contributed by atoms with van der Waals surface area (Å²) in [6.07, 6.45) is 9.02. The highest BCUT2D eigenvalue weighted by Gasteiger charge is 2.46. The minimum Gasteiger partial charge on any atom is -0.381 e. The Labute approximate surface area is 186 Å². The molecule has 1 amide bonds. The fourth-order valence-corrected chi connectivity index (χ4v) is 5.43. The number of ether oxygens (including phenoxy) is 1. The molecule has 2 saturated heterocycles. The summed E-state index contributed by atoms with van der Waals surface area (Å²) in [6.45, 7) is 2.91. The summed E-state index contributed by atoms with van der Waals surface area (Å²) in [5.41, 5.74) is 2.23. The molecule has 1 aliphatic carbocycles. The normalized spacial score (nSPS) is 24.8. The fraction of sp³-hybridized carbons (Fsp3) is 0.583. The number of hydrogen-bond acceptors (Lipinski definition) is 6. The average Bonchev–Trinajstić information content (AvgIpc) is 3.30. The second-order valence-electron chi connectivity index (χ2n) is 9.74. The number of piperidine rings is 1. The third kappa shape index (κ3) is 3.70. The largest absolute Gasteiger partial charge is 0.381 e. The SMILES string of the molecule is O=C(c1ccc2nc[nH]c2c1)N1CCCC(CC2CC2)(c2noc(C3CCOCC3)n2)C1. The summed E-state index contributed by atoms with van der Waals surface area (Å²) < 4.78 is 11.3. The molecule has 0 spiro atoms. The summed E-state index contributed by atoms with van der Waals surface area (Å²) in [6, 6.07) is 5.68. The first-order valence-corrected chi connectivity index (χ1v) is 11.8. The molecule has 1 unspecified atom stereocenters. The lowest BCUT2D eigenvalue weighted by Gasteiger charge is -2.41. The zero-order chi connectivity index (χ0) is 21.5. The number of nitrogens with one attached hydrogen (secondary N) is 1. The first-order valence-electron chi connectivity index (χ1n) is 11.8. The number of benzene rings is 1. The summed E-state index contributed by atoms with van der Waals surface area (Å²) in [7, 11) is 0. The molecule has 1 saturated carbocycles. The number of H-pyrrole nitrogens is 1. The molecular formula is C24H29N5O3. The lowest BCUT2D eigenvalue weighted by atomic mass is 9.74. The predicted octanol–water partition coefficient (Wildman–Crippen LogP) is 3.81. The van der Waals surface area contributed by atoms with E-state index in [4.69, 9.17) is 14.2 Å².